The quantitative estimate of drug-likeness (QED) is 0.884. The van der Waals surface area contributed by atoms with Gasteiger partial charge in [0.2, 0.25) is 0 Å². The molecule has 0 aliphatic rings. The lowest BCUT2D eigenvalue weighted by molar-refractivity contribution is 0.418. The molecule has 0 saturated carbocycles. The van der Waals surface area contributed by atoms with Gasteiger partial charge in [0.15, 0.2) is 5.82 Å². The molecule has 0 saturated heterocycles. The van der Waals surface area contributed by atoms with E-state index in [9.17, 15) is 4.39 Å². The predicted octanol–water partition coefficient (Wildman–Crippen LogP) is 2.07. The standard InChI is InChI=1S/C12H14FN3O/c1-7-3-4-10(13)9(5-7)12-15-11(16-17-12)6-8(2)14/h3-5,8H,6,14H2,1-2H3. The highest BCUT2D eigenvalue weighted by atomic mass is 19.1. The zero-order valence-corrected chi connectivity index (χ0v) is 9.77. The average molecular weight is 235 g/mol. The van der Waals surface area contributed by atoms with E-state index in [1.165, 1.54) is 6.07 Å². The molecule has 17 heavy (non-hydrogen) atoms. The molecule has 5 heteroatoms. The van der Waals surface area contributed by atoms with Gasteiger partial charge in [-0.2, -0.15) is 4.98 Å². The number of halogens is 1. The number of aromatic nitrogens is 2. The first-order chi connectivity index (χ1) is 8.06. The highest BCUT2D eigenvalue weighted by molar-refractivity contribution is 5.55. The van der Waals surface area contributed by atoms with Gasteiger partial charge in [0.25, 0.3) is 5.89 Å². The molecule has 0 aliphatic carbocycles. The SMILES string of the molecule is Cc1ccc(F)c(-c2nc(CC(C)N)no2)c1. The average Bonchev–Trinajstić information content (AvgIpc) is 2.69. The van der Waals surface area contributed by atoms with Gasteiger partial charge in [0.1, 0.15) is 5.82 Å². The molecule has 1 aromatic heterocycles. The first-order valence-electron chi connectivity index (χ1n) is 5.41. The third-order valence-corrected chi connectivity index (χ3v) is 2.32. The molecular formula is C12H14FN3O. The zero-order chi connectivity index (χ0) is 12.4. The Kier molecular flexibility index (Phi) is 3.19. The number of rotatable bonds is 3. The molecule has 90 valence electrons. The minimum absolute atomic E-state index is 0.0530. The summed E-state index contributed by atoms with van der Waals surface area (Å²) in [7, 11) is 0. The Balaban J connectivity index is 2.33. The van der Waals surface area contributed by atoms with Crippen molar-refractivity contribution in [3.63, 3.8) is 0 Å². The molecule has 0 aliphatic heterocycles. The van der Waals surface area contributed by atoms with Crippen LogP contribution in [-0.4, -0.2) is 16.2 Å². The molecule has 1 heterocycles. The molecule has 2 N–H and O–H groups in total. The Labute approximate surface area is 98.6 Å². The maximum absolute atomic E-state index is 13.6. The fourth-order valence-electron chi connectivity index (χ4n) is 1.54. The van der Waals surface area contributed by atoms with Crippen molar-refractivity contribution in [2.24, 2.45) is 5.73 Å². The Bertz CT molecular complexity index is 522. The fourth-order valence-corrected chi connectivity index (χ4v) is 1.54. The summed E-state index contributed by atoms with van der Waals surface area (Å²) in [5.74, 6) is 0.323. The van der Waals surface area contributed by atoms with Gasteiger partial charge in [-0.3, -0.25) is 0 Å². The smallest absolute Gasteiger partial charge is 0.260 e. The van der Waals surface area contributed by atoms with Crippen molar-refractivity contribution in [1.29, 1.82) is 0 Å². The summed E-state index contributed by atoms with van der Waals surface area (Å²) in [4.78, 5) is 4.12. The third kappa shape index (κ3) is 2.68. The molecular weight excluding hydrogens is 221 g/mol. The van der Waals surface area contributed by atoms with Crippen LogP contribution < -0.4 is 5.73 Å². The van der Waals surface area contributed by atoms with Crippen LogP contribution >= 0.6 is 0 Å². The molecule has 4 nitrogen and oxygen atoms in total. The van der Waals surface area contributed by atoms with Crippen LogP contribution in [-0.2, 0) is 6.42 Å². The van der Waals surface area contributed by atoms with E-state index in [-0.39, 0.29) is 17.7 Å². The van der Waals surface area contributed by atoms with E-state index in [1.54, 1.807) is 12.1 Å². The van der Waals surface area contributed by atoms with Crippen molar-refractivity contribution in [2.45, 2.75) is 26.3 Å². The molecule has 1 atom stereocenters. The minimum Gasteiger partial charge on any atom is -0.334 e. The minimum atomic E-state index is -0.369. The summed E-state index contributed by atoms with van der Waals surface area (Å²) in [5, 5.41) is 3.77. The van der Waals surface area contributed by atoms with Crippen LogP contribution in [0.3, 0.4) is 0 Å². The van der Waals surface area contributed by atoms with Crippen LogP contribution in [0.2, 0.25) is 0 Å². The van der Waals surface area contributed by atoms with Gasteiger partial charge >= 0.3 is 0 Å². The first kappa shape index (κ1) is 11.7. The summed E-state index contributed by atoms with van der Waals surface area (Å²) in [5.41, 5.74) is 6.90. The Hall–Kier alpha value is -1.75. The molecule has 0 bridgehead atoms. The maximum atomic E-state index is 13.6. The van der Waals surface area contributed by atoms with Crippen LogP contribution in [0.5, 0.6) is 0 Å². The van der Waals surface area contributed by atoms with Gasteiger partial charge in [0.05, 0.1) is 5.56 Å². The highest BCUT2D eigenvalue weighted by Gasteiger charge is 2.14. The van der Waals surface area contributed by atoms with Gasteiger partial charge in [-0.25, -0.2) is 4.39 Å². The summed E-state index contributed by atoms with van der Waals surface area (Å²) in [6.07, 6.45) is 0.511. The van der Waals surface area contributed by atoms with E-state index in [2.05, 4.69) is 10.1 Å². The summed E-state index contributed by atoms with van der Waals surface area (Å²) in [6.45, 7) is 3.73. The van der Waals surface area contributed by atoms with Gasteiger partial charge in [0, 0.05) is 12.5 Å². The number of hydrogen-bond donors (Lipinski definition) is 1. The Morgan fingerprint density at radius 2 is 2.24 bits per heavy atom. The molecule has 0 amide bonds. The van der Waals surface area contributed by atoms with E-state index >= 15 is 0 Å². The molecule has 0 spiro atoms. The molecule has 0 fully saturated rings. The topological polar surface area (TPSA) is 64.9 Å². The van der Waals surface area contributed by atoms with Crippen molar-refractivity contribution < 1.29 is 8.91 Å². The molecule has 2 rings (SSSR count). The number of benzene rings is 1. The molecule has 1 aromatic carbocycles. The van der Waals surface area contributed by atoms with Gasteiger partial charge in [-0.15, -0.1) is 0 Å². The lowest BCUT2D eigenvalue weighted by atomic mass is 10.1. The van der Waals surface area contributed by atoms with Crippen molar-refractivity contribution in [3.8, 4) is 11.5 Å². The van der Waals surface area contributed by atoms with Gasteiger partial charge in [-0.05, 0) is 26.0 Å². The monoisotopic (exact) mass is 235 g/mol. The first-order valence-corrected chi connectivity index (χ1v) is 5.41. The number of aryl methyl sites for hydroxylation is 1. The van der Waals surface area contributed by atoms with Gasteiger partial charge in [-0.1, -0.05) is 16.8 Å². The van der Waals surface area contributed by atoms with Crippen molar-refractivity contribution >= 4 is 0 Å². The molecule has 0 radical (unpaired) electrons. The summed E-state index contributed by atoms with van der Waals surface area (Å²) < 4.78 is 18.6. The molecule has 2 aromatic rings. The largest absolute Gasteiger partial charge is 0.334 e. The molecule has 1 unspecified atom stereocenters. The number of nitrogens with two attached hydrogens (primary N) is 1. The highest BCUT2D eigenvalue weighted by Crippen LogP contribution is 2.22. The number of hydrogen-bond acceptors (Lipinski definition) is 4. The van der Waals surface area contributed by atoms with E-state index in [0.29, 0.717) is 17.8 Å². The third-order valence-electron chi connectivity index (χ3n) is 2.32. The van der Waals surface area contributed by atoms with Gasteiger partial charge < -0.3 is 10.3 Å². The Morgan fingerprint density at radius 3 is 2.94 bits per heavy atom. The second-order valence-corrected chi connectivity index (χ2v) is 4.18. The second kappa shape index (κ2) is 4.63. The van der Waals surface area contributed by atoms with Crippen molar-refractivity contribution in [2.75, 3.05) is 0 Å². The van der Waals surface area contributed by atoms with Crippen molar-refractivity contribution in [3.05, 3.63) is 35.4 Å². The second-order valence-electron chi connectivity index (χ2n) is 4.18. The van der Waals surface area contributed by atoms with E-state index in [1.807, 2.05) is 13.8 Å². The van der Waals surface area contributed by atoms with Crippen LogP contribution in [0.25, 0.3) is 11.5 Å². The lowest BCUT2D eigenvalue weighted by Crippen LogP contribution is -2.18. The number of nitrogens with zero attached hydrogens (tertiary/aromatic N) is 2. The zero-order valence-electron chi connectivity index (χ0n) is 9.77. The summed E-state index contributed by atoms with van der Waals surface area (Å²) >= 11 is 0. The van der Waals surface area contributed by atoms with E-state index < -0.39 is 0 Å². The Morgan fingerprint density at radius 1 is 1.47 bits per heavy atom. The predicted molar refractivity (Wildman–Crippen MR) is 61.8 cm³/mol. The van der Waals surface area contributed by atoms with Crippen LogP contribution in [0.15, 0.2) is 22.7 Å². The lowest BCUT2D eigenvalue weighted by Gasteiger charge is -1.99. The van der Waals surface area contributed by atoms with Crippen molar-refractivity contribution in [1.82, 2.24) is 10.1 Å². The van der Waals surface area contributed by atoms with Crippen LogP contribution in [0.1, 0.15) is 18.3 Å². The van der Waals surface area contributed by atoms with E-state index in [0.717, 1.165) is 5.56 Å². The van der Waals surface area contributed by atoms with Crippen LogP contribution in [0, 0.1) is 12.7 Å². The maximum Gasteiger partial charge on any atom is 0.260 e. The normalized spacial score (nSPS) is 12.7. The van der Waals surface area contributed by atoms with Crippen LogP contribution in [0.4, 0.5) is 4.39 Å². The fraction of sp³-hybridized carbons (Fsp3) is 0.333. The van der Waals surface area contributed by atoms with E-state index in [4.69, 9.17) is 10.3 Å². The summed E-state index contributed by atoms with van der Waals surface area (Å²) in [6, 6.07) is 4.71.